The van der Waals surface area contributed by atoms with E-state index in [1.54, 1.807) is 0 Å². The smallest absolute Gasteiger partial charge is 0.308 e. The number of benzene rings is 3. The van der Waals surface area contributed by atoms with Gasteiger partial charge in [-0.25, -0.2) is 0 Å². The van der Waals surface area contributed by atoms with E-state index in [-0.39, 0.29) is 44.7 Å². The summed E-state index contributed by atoms with van der Waals surface area (Å²) in [5, 5.41) is 40.3. The molecule has 0 heterocycles. The number of ketones is 1. The lowest BCUT2D eigenvalue weighted by molar-refractivity contribution is -0.131. The Kier molecular flexibility index (Phi) is 4.20. The van der Waals surface area contributed by atoms with Crippen molar-refractivity contribution in [2.24, 2.45) is 0 Å². The molecule has 0 atom stereocenters. The highest BCUT2D eigenvalue weighted by Gasteiger charge is 2.34. The molecule has 0 fully saturated rings. The van der Waals surface area contributed by atoms with E-state index in [0.717, 1.165) is 0 Å². The number of aromatic hydroxyl groups is 2. The van der Waals surface area contributed by atoms with Gasteiger partial charge < -0.3 is 25.8 Å². The number of nitrogen functional groups attached to an aromatic ring is 1. The molecule has 8 heteroatoms. The van der Waals surface area contributed by atoms with Crippen LogP contribution in [-0.2, 0) is 9.59 Å². The third kappa shape index (κ3) is 2.74. The molecular weight excluding hydrogens is 388 g/mol. The van der Waals surface area contributed by atoms with Crippen LogP contribution in [0.3, 0.4) is 0 Å². The maximum absolute atomic E-state index is 12.9. The van der Waals surface area contributed by atoms with Crippen LogP contribution in [0.25, 0.3) is 22.1 Å². The van der Waals surface area contributed by atoms with Gasteiger partial charge in [-0.3, -0.25) is 15.0 Å². The van der Waals surface area contributed by atoms with Crippen LogP contribution in [0.2, 0.25) is 0 Å². The Morgan fingerprint density at radius 3 is 2.37 bits per heavy atom. The summed E-state index contributed by atoms with van der Waals surface area (Å²) >= 11 is 0. The van der Waals surface area contributed by atoms with Crippen molar-refractivity contribution in [3.05, 3.63) is 59.2 Å². The highest BCUT2D eigenvalue weighted by molar-refractivity contribution is 6.63. The molecule has 1 aliphatic rings. The van der Waals surface area contributed by atoms with Crippen LogP contribution < -0.4 is 10.5 Å². The lowest BCUT2D eigenvalue weighted by Crippen LogP contribution is -2.23. The number of hydrogen-bond donors (Lipinski definition) is 5. The summed E-state index contributed by atoms with van der Waals surface area (Å²) in [7, 11) is 0. The number of Topliss-reactive ketones (excluding diaryl/α,β-unsaturated/α-hetero) is 1. The number of carbonyl (C=O) groups is 2. The highest BCUT2D eigenvalue weighted by Crippen LogP contribution is 2.45. The molecule has 150 valence electrons. The second-order valence-corrected chi connectivity index (χ2v) is 6.79. The van der Waals surface area contributed by atoms with Crippen molar-refractivity contribution >= 4 is 45.3 Å². The van der Waals surface area contributed by atoms with Crippen LogP contribution in [0.1, 0.15) is 23.6 Å². The molecule has 0 amide bonds. The summed E-state index contributed by atoms with van der Waals surface area (Å²) in [6, 6.07) is 10.0. The van der Waals surface area contributed by atoms with Gasteiger partial charge in [0.1, 0.15) is 28.7 Å². The van der Waals surface area contributed by atoms with E-state index in [9.17, 15) is 24.9 Å². The van der Waals surface area contributed by atoms with E-state index in [0.29, 0.717) is 5.56 Å². The Balaban J connectivity index is 1.97. The van der Waals surface area contributed by atoms with Crippen LogP contribution in [0.4, 0.5) is 5.69 Å². The van der Waals surface area contributed by atoms with Crippen molar-refractivity contribution in [2.75, 3.05) is 5.73 Å². The van der Waals surface area contributed by atoms with Crippen molar-refractivity contribution in [3.8, 4) is 17.2 Å². The minimum atomic E-state index is -0.807. The average Bonchev–Trinajstić information content (AvgIpc) is 2.69. The molecule has 0 saturated heterocycles. The number of esters is 1. The van der Waals surface area contributed by atoms with Crippen molar-refractivity contribution in [1.82, 2.24) is 0 Å². The number of allylic oxidation sites excluding steroid dienone is 1. The summed E-state index contributed by atoms with van der Waals surface area (Å²) in [4.78, 5) is 23.9. The van der Waals surface area contributed by atoms with Crippen molar-refractivity contribution in [1.29, 1.82) is 5.41 Å². The SMILES string of the molecule is CC(=O)Oc1ccc(C2=C(O)c3cc4c(N)ccc(O)c4c(O)c3C(=N)C2=O)cc1. The zero-order chi connectivity index (χ0) is 21.7. The molecule has 0 saturated carbocycles. The predicted molar refractivity (Wildman–Crippen MR) is 111 cm³/mol. The van der Waals surface area contributed by atoms with Crippen LogP contribution in [0.15, 0.2) is 42.5 Å². The Labute approximate surface area is 170 Å². The van der Waals surface area contributed by atoms with Crippen molar-refractivity contribution in [3.63, 3.8) is 0 Å². The monoisotopic (exact) mass is 404 g/mol. The molecule has 8 nitrogen and oxygen atoms in total. The zero-order valence-electron chi connectivity index (χ0n) is 15.7. The largest absolute Gasteiger partial charge is 0.507 e. The molecule has 0 spiro atoms. The van der Waals surface area contributed by atoms with Gasteiger partial charge in [0.05, 0.1) is 16.5 Å². The van der Waals surface area contributed by atoms with E-state index in [2.05, 4.69) is 0 Å². The lowest BCUT2D eigenvalue weighted by atomic mass is 9.82. The van der Waals surface area contributed by atoms with Gasteiger partial charge >= 0.3 is 5.97 Å². The molecule has 0 aromatic heterocycles. The second-order valence-electron chi connectivity index (χ2n) is 6.79. The van der Waals surface area contributed by atoms with Gasteiger partial charge in [-0.1, -0.05) is 12.1 Å². The van der Waals surface area contributed by atoms with E-state index in [1.165, 1.54) is 49.4 Å². The normalized spacial score (nSPS) is 13.5. The Morgan fingerprint density at radius 2 is 1.73 bits per heavy atom. The predicted octanol–water partition coefficient (Wildman–Crippen LogP) is 3.14. The maximum atomic E-state index is 12.9. The molecule has 0 bridgehead atoms. The first-order valence-electron chi connectivity index (χ1n) is 8.84. The number of fused-ring (bicyclic) bond motifs is 2. The number of nitrogens with one attached hydrogen (secondary N) is 1. The minimum Gasteiger partial charge on any atom is -0.507 e. The standard InChI is InChI=1S/C22H16N2O6/c1-9(25)30-11-4-2-10(3-5-11)16-20(27)13-8-12-14(23)6-7-15(26)17(12)21(28)18(13)19(24)22(16)29/h2-8,24,26-28H,23H2,1H3. The first-order valence-corrected chi connectivity index (χ1v) is 8.84. The fourth-order valence-electron chi connectivity index (χ4n) is 3.54. The second kappa shape index (κ2) is 6.63. The number of carbonyl (C=O) groups excluding carboxylic acids is 2. The summed E-state index contributed by atoms with van der Waals surface area (Å²) in [5.74, 6) is -2.27. The third-order valence-corrected chi connectivity index (χ3v) is 4.89. The number of phenolic OH excluding ortho intramolecular Hbond substituents is 2. The lowest BCUT2D eigenvalue weighted by Gasteiger charge is -2.22. The van der Waals surface area contributed by atoms with E-state index >= 15 is 0 Å². The van der Waals surface area contributed by atoms with E-state index in [4.69, 9.17) is 15.9 Å². The first kappa shape index (κ1) is 19.0. The molecule has 3 aromatic rings. The highest BCUT2D eigenvalue weighted by atomic mass is 16.5. The fourth-order valence-corrected chi connectivity index (χ4v) is 3.54. The fraction of sp³-hybridized carbons (Fsp3) is 0.0455. The first-order chi connectivity index (χ1) is 14.2. The number of rotatable bonds is 2. The molecule has 0 radical (unpaired) electrons. The third-order valence-electron chi connectivity index (χ3n) is 4.89. The van der Waals surface area contributed by atoms with Crippen LogP contribution >= 0.6 is 0 Å². The van der Waals surface area contributed by atoms with E-state index < -0.39 is 29.0 Å². The number of aliphatic hydroxyl groups is 1. The van der Waals surface area contributed by atoms with E-state index in [1.807, 2.05) is 0 Å². The maximum Gasteiger partial charge on any atom is 0.308 e. The Bertz CT molecular complexity index is 1310. The van der Waals surface area contributed by atoms with Gasteiger partial charge in [0.2, 0.25) is 5.78 Å². The van der Waals surface area contributed by atoms with Gasteiger partial charge in [0.25, 0.3) is 0 Å². The van der Waals surface area contributed by atoms with Gasteiger partial charge in [-0.2, -0.15) is 0 Å². The molecule has 4 rings (SSSR count). The molecule has 1 aliphatic carbocycles. The summed E-state index contributed by atoms with van der Waals surface area (Å²) in [5.41, 5.74) is 5.67. The zero-order valence-corrected chi connectivity index (χ0v) is 15.7. The molecule has 0 aliphatic heterocycles. The molecule has 3 aromatic carbocycles. The van der Waals surface area contributed by atoms with Crippen LogP contribution in [0.5, 0.6) is 17.2 Å². The van der Waals surface area contributed by atoms with Gasteiger partial charge in [-0.15, -0.1) is 0 Å². The number of nitrogens with two attached hydrogens (primary N) is 1. The molecular formula is C22H16N2O6. The Hall–Kier alpha value is -4.33. The summed E-state index contributed by atoms with van der Waals surface area (Å²) in [6.45, 7) is 1.26. The van der Waals surface area contributed by atoms with Crippen LogP contribution in [0, 0.1) is 5.41 Å². The number of aliphatic hydroxyl groups excluding tert-OH is 1. The van der Waals surface area contributed by atoms with Crippen molar-refractivity contribution < 1.29 is 29.6 Å². The minimum absolute atomic E-state index is 0.00622. The number of phenols is 2. The topological polar surface area (TPSA) is 154 Å². The van der Waals surface area contributed by atoms with Crippen LogP contribution in [-0.4, -0.2) is 32.8 Å². The molecule has 6 N–H and O–H groups in total. The van der Waals surface area contributed by atoms with Gasteiger partial charge in [0, 0.05) is 23.6 Å². The average molecular weight is 404 g/mol. The van der Waals surface area contributed by atoms with Crippen molar-refractivity contribution in [2.45, 2.75) is 6.92 Å². The Morgan fingerprint density at radius 1 is 1.07 bits per heavy atom. The van der Waals surface area contributed by atoms with Gasteiger partial charge in [-0.05, 0) is 35.9 Å². The number of anilines is 1. The molecule has 0 unspecified atom stereocenters. The number of hydrogen-bond acceptors (Lipinski definition) is 8. The molecule has 30 heavy (non-hydrogen) atoms. The summed E-state index contributed by atoms with van der Waals surface area (Å²) < 4.78 is 4.96. The summed E-state index contributed by atoms with van der Waals surface area (Å²) in [6.07, 6.45) is 0. The van der Waals surface area contributed by atoms with Gasteiger partial charge in [0.15, 0.2) is 0 Å². The quantitative estimate of drug-likeness (QED) is 0.190. The number of ether oxygens (including phenoxy) is 1.